The lowest BCUT2D eigenvalue weighted by Gasteiger charge is -2.08. The molecule has 0 aliphatic heterocycles. The van der Waals surface area contributed by atoms with Crippen LogP contribution in [0.3, 0.4) is 0 Å². The molecule has 0 aliphatic rings. The number of pyridine rings is 1. The Balaban J connectivity index is 2.40. The van der Waals surface area contributed by atoms with Gasteiger partial charge in [-0.25, -0.2) is 4.98 Å². The first-order chi connectivity index (χ1) is 9.04. The van der Waals surface area contributed by atoms with Crippen molar-refractivity contribution in [3.8, 4) is 0 Å². The summed E-state index contributed by atoms with van der Waals surface area (Å²) < 4.78 is 1.83. The summed E-state index contributed by atoms with van der Waals surface area (Å²) >= 11 is 1.44. The van der Waals surface area contributed by atoms with Crippen molar-refractivity contribution in [1.82, 2.24) is 14.7 Å². The van der Waals surface area contributed by atoms with Gasteiger partial charge in [0.2, 0.25) is 5.91 Å². The lowest BCUT2D eigenvalue weighted by atomic mass is 10.2. The number of nitrogens with two attached hydrogens (primary N) is 1. The number of imidazole rings is 1. The Labute approximate surface area is 114 Å². The second-order valence-electron chi connectivity index (χ2n) is 4.00. The molecule has 19 heavy (non-hydrogen) atoms. The third kappa shape index (κ3) is 2.55. The van der Waals surface area contributed by atoms with E-state index in [1.165, 1.54) is 18.7 Å². The molecule has 1 atom stereocenters. The summed E-state index contributed by atoms with van der Waals surface area (Å²) in [6.07, 6.45) is 3.72. The van der Waals surface area contributed by atoms with Crippen molar-refractivity contribution in [3.05, 3.63) is 30.1 Å². The van der Waals surface area contributed by atoms with Crippen LogP contribution in [0.5, 0.6) is 0 Å². The van der Waals surface area contributed by atoms with Gasteiger partial charge in [-0.15, -0.1) is 0 Å². The number of hydrogen-bond acceptors (Lipinski definition) is 4. The highest BCUT2D eigenvalue weighted by molar-refractivity contribution is 7.98. The van der Waals surface area contributed by atoms with Crippen molar-refractivity contribution in [3.63, 3.8) is 0 Å². The number of nitrogens with one attached hydrogen (secondary N) is 1. The molecule has 100 valence electrons. The first-order valence-corrected chi connectivity index (χ1v) is 6.88. The van der Waals surface area contributed by atoms with Gasteiger partial charge in [-0.05, 0) is 25.3 Å². The van der Waals surface area contributed by atoms with Gasteiger partial charge in [-0.2, -0.15) is 0 Å². The third-order valence-electron chi connectivity index (χ3n) is 2.69. The summed E-state index contributed by atoms with van der Waals surface area (Å²) in [5, 5.41) is 3.24. The number of thioether (sulfide) groups is 1. The Bertz CT molecular complexity index is 638. The van der Waals surface area contributed by atoms with E-state index in [1.54, 1.807) is 6.07 Å². The molecular formula is C12H14N4O2S. The largest absolute Gasteiger partial charge is 0.368 e. The van der Waals surface area contributed by atoms with Gasteiger partial charge in [0.05, 0.1) is 5.52 Å². The minimum atomic E-state index is -0.731. The van der Waals surface area contributed by atoms with Crippen molar-refractivity contribution in [2.45, 2.75) is 18.1 Å². The molecule has 0 unspecified atom stereocenters. The molecule has 2 rings (SSSR count). The molecule has 0 bridgehead atoms. The highest BCUT2D eigenvalue weighted by Crippen LogP contribution is 2.19. The molecule has 0 aliphatic carbocycles. The van der Waals surface area contributed by atoms with Crippen LogP contribution in [0.2, 0.25) is 0 Å². The number of fused-ring (bicyclic) bond motifs is 1. The Morgan fingerprint density at radius 3 is 2.84 bits per heavy atom. The van der Waals surface area contributed by atoms with Crippen molar-refractivity contribution in [2.75, 3.05) is 6.26 Å². The summed E-state index contributed by atoms with van der Waals surface area (Å²) in [6, 6.07) is 4.76. The summed E-state index contributed by atoms with van der Waals surface area (Å²) in [6.45, 7) is 1.54. The van der Waals surface area contributed by atoms with Crippen molar-refractivity contribution >= 4 is 29.1 Å². The maximum Gasteiger partial charge on any atom is 0.272 e. The zero-order valence-corrected chi connectivity index (χ0v) is 11.4. The van der Waals surface area contributed by atoms with Gasteiger partial charge >= 0.3 is 0 Å². The first kappa shape index (κ1) is 13.4. The molecule has 2 heterocycles. The quantitative estimate of drug-likeness (QED) is 0.804. The number of carbonyl (C=O) groups excluding carboxylic acids is 2. The zero-order chi connectivity index (χ0) is 14.0. The minimum absolute atomic E-state index is 0.290. The van der Waals surface area contributed by atoms with Crippen molar-refractivity contribution in [2.24, 2.45) is 5.73 Å². The predicted molar refractivity (Wildman–Crippen MR) is 73.1 cm³/mol. The summed E-state index contributed by atoms with van der Waals surface area (Å²) in [4.78, 5) is 27.3. The van der Waals surface area contributed by atoms with E-state index in [-0.39, 0.29) is 5.69 Å². The Morgan fingerprint density at radius 1 is 1.47 bits per heavy atom. The molecule has 0 saturated heterocycles. The highest BCUT2D eigenvalue weighted by atomic mass is 32.2. The fourth-order valence-corrected chi connectivity index (χ4v) is 2.20. The second-order valence-corrected chi connectivity index (χ2v) is 4.77. The van der Waals surface area contributed by atoms with Gasteiger partial charge in [0.1, 0.15) is 6.04 Å². The molecule has 0 saturated carbocycles. The van der Waals surface area contributed by atoms with Crippen LogP contribution in [-0.2, 0) is 4.79 Å². The van der Waals surface area contributed by atoms with Gasteiger partial charge in [0, 0.05) is 6.20 Å². The molecule has 2 amide bonds. The number of hydrogen-bond donors (Lipinski definition) is 2. The van der Waals surface area contributed by atoms with Crippen molar-refractivity contribution in [1.29, 1.82) is 0 Å². The molecule has 0 fully saturated rings. The Hall–Kier alpha value is -2.02. The fourth-order valence-electron chi connectivity index (χ4n) is 1.66. The Morgan fingerprint density at radius 2 is 2.21 bits per heavy atom. The zero-order valence-electron chi connectivity index (χ0n) is 10.6. The number of aromatic nitrogens is 2. The van der Waals surface area contributed by atoms with Gasteiger partial charge in [-0.1, -0.05) is 17.8 Å². The van der Waals surface area contributed by atoms with Gasteiger partial charge in [-0.3, -0.25) is 14.0 Å². The van der Waals surface area contributed by atoms with E-state index in [0.717, 1.165) is 0 Å². The highest BCUT2D eigenvalue weighted by Gasteiger charge is 2.20. The monoisotopic (exact) mass is 278 g/mol. The van der Waals surface area contributed by atoms with Crippen molar-refractivity contribution < 1.29 is 9.59 Å². The molecule has 0 aromatic carbocycles. The second kappa shape index (κ2) is 5.31. The summed E-state index contributed by atoms with van der Waals surface area (Å²) in [5.74, 6) is -0.989. The molecule has 6 nitrogen and oxygen atoms in total. The van der Waals surface area contributed by atoms with Crippen LogP contribution in [0.4, 0.5) is 0 Å². The molecule has 2 aromatic heterocycles. The molecule has 2 aromatic rings. The third-order valence-corrected chi connectivity index (χ3v) is 3.34. The van der Waals surface area contributed by atoms with Gasteiger partial charge < -0.3 is 11.1 Å². The molecule has 0 radical (unpaired) electrons. The summed E-state index contributed by atoms with van der Waals surface area (Å²) in [5.41, 5.74) is 6.11. The maximum atomic E-state index is 12.1. The minimum Gasteiger partial charge on any atom is -0.368 e. The average molecular weight is 278 g/mol. The standard InChI is InChI=1S/C12H14N4O2S/c1-7(10(13)17)14-11(18)9-8-5-3-4-6-16(8)12(15-9)19-2/h3-7H,1-2H3,(H2,13,17)(H,14,18)/t7-/m1/s1. The normalized spacial score (nSPS) is 12.3. The van der Waals surface area contributed by atoms with Gasteiger partial charge in [0.25, 0.3) is 5.91 Å². The van der Waals surface area contributed by atoms with E-state index >= 15 is 0 Å². The average Bonchev–Trinajstić information content (AvgIpc) is 2.77. The van der Waals surface area contributed by atoms with E-state index in [9.17, 15) is 9.59 Å². The first-order valence-electron chi connectivity index (χ1n) is 5.66. The van der Waals surface area contributed by atoms with Crippen LogP contribution in [0.25, 0.3) is 5.52 Å². The smallest absolute Gasteiger partial charge is 0.272 e. The maximum absolute atomic E-state index is 12.1. The molecular weight excluding hydrogens is 264 g/mol. The van der Waals surface area contributed by atoms with Crippen LogP contribution in [0.1, 0.15) is 17.4 Å². The van der Waals surface area contributed by atoms with Gasteiger partial charge in [0.15, 0.2) is 10.9 Å². The number of amides is 2. The topological polar surface area (TPSA) is 89.5 Å². The molecule has 3 N–H and O–H groups in total. The van der Waals surface area contributed by atoms with E-state index in [2.05, 4.69) is 10.3 Å². The number of rotatable bonds is 4. The Kier molecular flexibility index (Phi) is 3.75. The van der Waals surface area contributed by atoms with E-state index in [0.29, 0.717) is 10.7 Å². The van der Waals surface area contributed by atoms with Crippen LogP contribution in [0.15, 0.2) is 29.6 Å². The lowest BCUT2D eigenvalue weighted by Crippen LogP contribution is -2.42. The predicted octanol–water partition coefficient (Wildman–Crippen LogP) is 0.660. The lowest BCUT2D eigenvalue weighted by molar-refractivity contribution is -0.119. The molecule has 0 spiro atoms. The summed E-state index contributed by atoms with van der Waals surface area (Å²) in [7, 11) is 0. The fraction of sp³-hybridized carbons (Fsp3) is 0.250. The van der Waals surface area contributed by atoms with Crippen LogP contribution in [-0.4, -0.2) is 33.5 Å². The van der Waals surface area contributed by atoms with E-state index < -0.39 is 17.9 Å². The number of nitrogens with zero attached hydrogens (tertiary/aromatic N) is 2. The van der Waals surface area contributed by atoms with Crippen LogP contribution >= 0.6 is 11.8 Å². The van der Waals surface area contributed by atoms with Crippen LogP contribution < -0.4 is 11.1 Å². The van der Waals surface area contributed by atoms with E-state index in [1.807, 2.05) is 29.0 Å². The number of primary amides is 1. The van der Waals surface area contributed by atoms with Crippen LogP contribution in [0, 0.1) is 0 Å². The molecule has 7 heteroatoms. The SMILES string of the molecule is CSc1nc(C(=O)N[C@H](C)C(N)=O)c2ccccn12. The number of carbonyl (C=O) groups is 2. The van der Waals surface area contributed by atoms with E-state index in [4.69, 9.17) is 5.73 Å².